The molecule has 0 aliphatic carbocycles. The molecule has 1 aromatic carbocycles. The van der Waals surface area contributed by atoms with Crippen LogP contribution in [0.15, 0.2) is 39.5 Å². The third-order valence-electron chi connectivity index (χ3n) is 2.51. The molecule has 2 N–H and O–H groups in total. The van der Waals surface area contributed by atoms with Crippen LogP contribution < -0.4 is 5.73 Å². The van der Waals surface area contributed by atoms with Crippen LogP contribution in [0.25, 0.3) is 0 Å². The standard InChI is InChI=1S/C12H9BrF3NS/c13-10-4-8(3-9(5-10)12(14,15)16)11(17)7-1-2-18-6-7/h1-6,11H,17H2/t11-/m0/s1. The second kappa shape index (κ2) is 5.03. The number of rotatable bonds is 2. The highest BCUT2D eigenvalue weighted by atomic mass is 79.9. The quantitative estimate of drug-likeness (QED) is 0.854. The Morgan fingerprint density at radius 2 is 1.89 bits per heavy atom. The first kappa shape index (κ1) is 13.6. The highest BCUT2D eigenvalue weighted by Gasteiger charge is 2.31. The second-order valence-electron chi connectivity index (χ2n) is 3.81. The molecule has 0 radical (unpaired) electrons. The summed E-state index contributed by atoms with van der Waals surface area (Å²) in [7, 11) is 0. The van der Waals surface area contributed by atoms with E-state index in [1.165, 1.54) is 11.3 Å². The van der Waals surface area contributed by atoms with E-state index < -0.39 is 17.8 Å². The van der Waals surface area contributed by atoms with E-state index in [9.17, 15) is 13.2 Å². The number of nitrogens with two attached hydrogens (primary N) is 1. The van der Waals surface area contributed by atoms with Crippen LogP contribution >= 0.6 is 27.3 Å². The van der Waals surface area contributed by atoms with Crippen LogP contribution in [0.5, 0.6) is 0 Å². The van der Waals surface area contributed by atoms with E-state index in [0.29, 0.717) is 10.0 Å². The van der Waals surface area contributed by atoms with E-state index >= 15 is 0 Å². The van der Waals surface area contributed by atoms with Gasteiger partial charge in [-0.25, -0.2) is 0 Å². The van der Waals surface area contributed by atoms with Gasteiger partial charge >= 0.3 is 6.18 Å². The molecule has 1 aromatic heterocycles. The van der Waals surface area contributed by atoms with Gasteiger partial charge < -0.3 is 5.73 Å². The normalized spacial score (nSPS) is 13.6. The zero-order valence-electron chi connectivity index (χ0n) is 9.04. The Hall–Kier alpha value is -0.850. The molecule has 1 heterocycles. The maximum atomic E-state index is 12.7. The monoisotopic (exact) mass is 335 g/mol. The van der Waals surface area contributed by atoms with Gasteiger partial charge in [-0.05, 0) is 46.2 Å². The van der Waals surface area contributed by atoms with Gasteiger partial charge in [0.05, 0.1) is 11.6 Å². The van der Waals surface area contributed by atoms with Crippen LogP contribution in [-0.2, 0) is 6.18 Å². The summed E-state index contributed by atoms with van der Waals surface area (Å²) in [5.41, 5.74) is 6.51. The van der Waals surface area contributed by atoms with Crippen LogP contribution in [0.1, 0.15) is 22.7 Å². The highest BCUT2D eigenvalue weighted by molar-refractivity contribution is 9.10. The number of hydrogen-bond donors (Lipinski definition) is 1. The fourth-order valence-corrected chi connectivity index (χ4v) is 2.81. The molecular weight excluding hydrogens is 327 g/mol. The van der Waals surface area contributed by atoms with Gasteiger partial charge in [-0.1, -0.05) is 15.9 Å². The Morgan fingerprint density at radius 1 is 1.17 bits per heavy atom. The third-order valence-corrected chi connectivity index (χ3v) is 3.67. The molecule has 0 amide bonds. The number of thiophene rings is 1. The lowest BCUT2D eigenvalue weighted by molar-refractivity contribution is -0.137. The number of benzene rings is 1. The van der Waals surface area contributed by atoms with E-state index in [-0.39, 0.29) is 0 Å². The fourth-order valence-electron chi connectivity index (χ4n) is 1.60. The first-order chi connectivity index (χ1) is 8.38. The molecule has 0 saturated carbocycles. The first-order valence-electron chi connectivity index (χ1n) is 5.03. The Morgan fingerprint density at radius 3 is 2.44 bits per heavy atom. The molecule has 0 saturated heterocycles. The SMILES string of the molecule is N[C@@H](c1ccsc1)c1cc(Br)cc(C(F)(F)F)c1. The van der Waals surface area contributed by atoms with Gasteiger partial charge in [0.25, 0.3) is 0 Å². The smallest absolute Gasteiger partial charge is 0.320 e. The van der Waals surface area contributed by atoms with Crippen molar-refractivity contribution in [3.63, 3.8) is 0 Å². The number of alkyl halides is 3. The molecule has 1 atom stereocenters. The van der Waals surface area contributed by atoms with Crippen molar-refractivity contribution < 1.29 is 13.2 Å². The Bertz CT molecular complexity index is 537. The van der Waals surface area contributed by atoms with Crippen molar-refractivity contribution in [2.45, 2.75) is 12.2 Å². The molecule has 6 heteroatoms. The Kier molecular flexibility index (Phi) is 3.79. The molecule has 0 bridgehead atoms. The molecular formula is C12H9BrF3NS. The summed E-state index contributed by atoms with van der Waals surface area (Å²) in [6.07, 6.45) is -4.37. The summed E-state index contributed by atoms with van der Waals surface area (Å²) >= 11 is 4.55. The van der Waals surface area contributed by atoms with E-state index in [1.807, 2.05) is 16.8 Å². The third kappa shape index (κ3) is 2.93. The van der Waals surface area contributed by atoms with Gasteiger partial charge in [-0.3, -0.25) is 0 Å². The van der Waals surface area contributed by atoms with Crippen molar-refractivity contribution in [3.8, 4) is 0 Å². The molecule has 18 heavy (non-hydrogen) atoms. The summed E-state index contributed by atoms with van der Waals surface area (Å²) in [5, 5.41) is 3.68. The predicted octanol–water partition coefficient (Wildman–Crippen LogP) is 4.58. The summed E-state index contributed by atoms with van der Waals surface area (Å²) in [5.74, 6) is 0. The van der Waals surface area contributed by atoms with Crippen molar-refractivity contribution in [1.29, 1.82) is 0 Å². The average Bonchev–Trinajstić information content (AvgIpc) is 2.79. The molecule has 0 aliphatic rings. The molecule has 96 valence electrons. The minimum Gasteiger partial charge on any atom is -0.320 e. The topological polar surface area (TPSA) is 26.0 Å². The zero-order chi connectivity index (χ0) is 13.3. The van der Waals surface area contributed by atoms with E-state index in [1.54, 1.807) is 6.07 Å². The first-order valence-corrected chi connectivity index (χ1v) is 6.77. The van der Waals surface area contributed by atoms with Crippen LogP contribution in [0.2, 0.25) is 0 Å². The van der Waals surface area contributed by atoms with E-state index in [0.717, 1.165) is 17.7 Å². The fraction of sp³-hybridized carbons (Fsp3) is 0.167. The van der Waals surface area contributed by atoms with Crippen LogP contribution in [-0.4, -0.2) is 0 Å². The minimum absolute atomic E-state index is 0.373. The molecule has 0 aliphatic heterocycles. The molecule has 1 nitrogen and oxygen atoms in total. The van der Waals surface area contributed by atoms with Crippen LogP contribution in [0.3, 0.4) is 0 Å². The Balaban J connectivity index is 2.43. The van der Waals surface area contributed by atoms with Crippen molar-refractivity contribution in [2.75, 3.05) is 0 Å². The van der Waals surface area contributed by atoms with E-state index in [2.05, 4.69) is 15.9 Å². The maximum Gasteiger partial charge on any atom is 0.416 e. The largest absolute Gasteiger partial charge is 0.416 e. The van der Waals surface area contributed by atoms with Gasteiger partial charge in [0.2, 0.25) is 0 Å². The molecule has 0 spiro atoms. The maximum absolute atomic E-state index is 12.7. The van der Waals surface area contributed by atoms with Gasteiger partial charge in [0.15, 0.2) is 0 Å². The van der Waals surface area contributed by atoms with Crippen LogP contribution in [0, 0.1) is 0 Å². The van der Waals surface area contributed by atoms with Crippen molar-refractivity contribution in [3.05, 3.63) is 56.2 Å². The Labute approximate surface area is 115 Å². The number of halogens is 4. The van der Waals surface area contributed by atoms with Crippen molar-refractivity contribution >= 4 is 27.3 Å². The zero-order valence-corrected chi connectivity index (χ0v) is 11.4. The molecule has 0 fully saturated rings. The minimum atomic E-state index is -4.37. The molecule has 0 unspecified atom stereocenters. The number of hydrogen-bond acceptors (Lipinski definition) is 2. The summed E-state index contributed by atoms with van der Waals surface area (Å²) in [4.78, 5) is 0. The molecule has 2 rings (SSSR count). The van der Waals surface area contributed by atoms with Gasteiger partial charge in [-0.15, -0.1) is 0 Å². The van der Waals surface area contributed by atoms with Gasteiger partial charge in [-0.2, -0.15) is 24.5 Å². The van der Waals surface area contributed by atoms with Gasteiger partial charge in [0, 0.05) is 4.47 Å². The molecule has 2 aromatic rings. The van der Waals surface area contributed by atoms with Crippen molar-refractivity contribution in [1.82, 2.24) is 0 Å². The summed E-state index contributed by atoms with van der Waals surface area (Å²) in [6, 6.07) is 5.01. The van der Waals surface area contributed by atoms with Crippen LogP contribution in [0.4, 0.5) is 13.2 Å². The lowest BCUT2D eigenvalue weighted by atomic mass is 10.00. The highest BCUT2D eigenvalue weighted by Crippen LogP contribution is 2.34. The average molecular weight is 336 g/mol. The predicted molar refractivity (Wildman–Crippen MR) is 69.5 cm³/mol. The summed E-state index contributed by atoms with van der Waals surface area (Å²) < 4.78 is 38.5. The lowest BCUT2D eigenvalue weighted by Gasteiger charge is -2.14. The lowest BCUT2D eigenvalue weighted by Crippen LogP contribution is -2.13. The van der Waals surface area contributed by atoms with Gasteiger partial charge in [0.1, 0.15) is 0 Å². The van der Waals surface area contributed by atoms with Crippen molar-refractivity contribution in [2.24, 2.45) is 5.73 Å². The summed E-state index contributed by atoms with van der Waals surface area (Å²) in [6.45, 7) is 0. The second-order valence-corrected chi connectivity index (χ2v) is 5.50. The van der Waals surface area contributed by atoms with E-state index in [4.69, 9.17) is 5.73 Å².